The molecule has 0 bridgehead atoms. The molecule has 3 rings (SSSR count). The van der Waals surface area contributed by atoms with E-state index in [0.717, 1.165) is 37.7 Å². The number of hydrogen-bond donors (Lipinski definition) is 3. The molecule has 3 heterocycles. The number of aliphatic imine (C=N–C) groups is 1. The third-order valence-electron chi connectivity index (χ3n) is 3.95. The smallest absolute Gasteiger partial charge is 0.216 e. The minimum Gasteiger partial charge on any atom is -0.461 e. The Morgan fingerprint density at radius 1 is 1.33 bits per heavy atom. The molecule has 0 amide bonds. The van der Waals surface area contributed by atoms with E-state index in [1.165, 1.54) is 5.69 Å². The van der Waals surface area contributed by atoms with Crippen molar-refractivity contribution in [1.82, 2.24) is 35.6 Å². The largest absolute Gasteiger partial charge is 0.461 e. The summed E-state index contributed by atoms with van der Waals surface area (Å²) in [6.07, 6.45) is 2.56. The molecule has 0 saturated carbocycles. The zero-order valence-electron chi connectivity index (χ0n) is 16.0. The van der Waals surface area contributed by atoms with E-state index >= 15 is 0 Å². The third kappa shape index (κ3) is 5.19. The normalized spacial score (nSPS) is 11.7. The van der Waals surface area contributed by atoms with Crippen LogP contribution in [-0.4, -0.2) is 44.0 Å². The summed E-state index contributed by atoms with van der Waals surface area (Å²) in [6.45, 7) is 9.00. The van der Waals surface area contributed by atoms with Gasteiger partial charge in [0.25, 0.3) is 0 Å². The number of hydrogen-bond acceptors (Lipinski definition) is 5. The highest BCUT2D eigenvalue weighted by atomic mass is 16.3. The quantitative estimate of drug-likeness (QED) is 0.318. The van der Waals surface area contributed by atoms with E-state index in [9.17, 15) is 0 Å². The highest BCUT2D eigenvalue weighted by molar-refractivity contribution is 5.79. The predicted molar refractivity (Wildman–Crippen MR) is 103 cm³/mol. The fourth-order valence-corrected chi connectivity index (χ4v) is 2.71. The van der Waals surface area contributed by atoms with E-state index < -0.39 is 0 Å². The summed E-state index contributed by atoms with van der Waals surface area (Å²) < 4.78 is 7.33. The minimum atomic E-state index is 0.403. The summed E-state index contributed by atoms with van der Waals surface area (Å²) in [5.74, 6) is 2.60. The van der Waals surface area contributed by atoms with Crippen molar-refractivity contribution in [2.24, 2.45) is 4.99 Å². The highest BCUT2D eigenvalue weighted by Crippen LogP contribution is 2.14. The van der Waals surface area contributed by atoms with Crippen LogP contribution in [0.2, 0.25) is 0 Å². The number of H-pyrrole nitrogens is 1. The molecule has 0 spiro atoms. The lowest BCUT2D eigenvalue weighted by Gasteiger charge is -2.11. The van der Waals surface area contributed by atoms with Crippen LogP contribution in [0.3, 0.4) is 0 Å². The standard InChI is InChI=1S/C18H26N8O/c1-4-19-18(20-8-6-9-26-14(3)11-13(2)25-26)21-12-16-22-17(24-23-16)15-7-5-10-27-15/h5,7,10-11H,4,6,8-9,12H2,1-3H3,(H2,19,20,21)(H,22,23,24). The Morgan fingerprint density at radius 2 is 2.22 bits per heavy atom. The summed E-state index contributed by atoms with van der Waals surface area (Å²) >= 11 is 0. The van der Waals surface area contributed by atoms with E-state index in [2.05, 4.69) is 48.9 Å². The molecule has 3 aromatic heterocycles. The molecule has 3 aromatic rings. The monoisotopic (exact) mass is 370 g/mol. The number of aryl methyl sites for hydroxylation is 3. The maximum atomic E-state index is 5.30. The van der Waals surface area contributed by atoms with Crippen LogP contribution >= 0.6 is 0 Å². The Balaban J connectivity index is 1.49. The number of guanidine groups is 1. The maximum absolute atomic E-state index is 5.30. The average Bonchev–Trinajstić information content (AvgIpc) is 3.38. The number of aromatic nitrogens is 5. The first-order valence-corrected chi connectivity index (χ1v) is 9.14. The first-order chi connectivity index (χ1) is 13.2. The maximum Gasteiger partial charge on any atom is 0.216 e. The van der Waals surface area contributed by atoms with Crippen molar-refractivity contribution in [3.63, 3.8) is 0 Å². The van der Waals surface area contributed by atoms with Crippen molar-refractivity contribution >= 4 is 5.96 Å². The Hall–Kier alpha value is -3.10. The molecule has 0 aromatic carbocycles. The molecule has 9 heteroatoms. The van der Waals surface area contributed by atoms with Crippen LogP contribution in [0.15, 0.2) is 33.9 Å². The minimum absolute atomic E-state index is 0.403. The van der Waals surface area contributed by atoms with Gasteiger partial charge < -0.3 is 15.1 Å². The van der Waals surface area contributed by atoms with Gasteiger partial charge in [0.05, 0.1) is 12.0 Å². The molecule has 27 heavy (non-hydrogen) atoms. The van der Waals surface area contributed by atoms with Crippen LogP contribution in [0.1, 0.15) is 30.6 Å². The van der Waals surface area contributed by atoms with Crippen LogP contribution < -0.4 is 10.6 Å². The Kier molecular flexibility index (Phi) is 6.24. The van der Waals surface area contributed by atoms with Gasteiger partial charge in [0.2, 0.25) is 5.82 Å². The van der Waals surface area contributed by atoms with Crippen LogP contribution in [0.25, 0.3) is 11.6 Å². The Labute approximate surface area is 158 Å². The molecule has 0 aliphatic heterocycles. The molecule has 0 aliphatic carbocycles. The molecular formula is C18H26N8O. The average molecular weight is 370 g/mol. The summed E-state index contributed by atoms with van der Waals surface area (Å²) in [5, 5.41) is 18.1. The molecule has 0 unspecified atom stereocenters. The van der Waals surface area contributed by atoms with Gasteiger partial charge in [-0.05, 0) is 45.4 Å². The van der Waals surface area contributed by atoms with Crippen molar-refractivity contribution in [2.45, 2.75) is 40.3 Å². The van der Waals surface area contributed by atoms with Gasteiger partial charge in [0.1, 0.15) is 12.4 Å². The summed E-state index contributed by atoms with van der Waals surface area (Å²) in [6, 6.07) is 5.72. The van der Waals surface area contributed by atoms with Gasteiger partial charge in [-0.3, -0.25) is 9.78 Å². The first kappa shape index (κ1) is 18.7. The van der Waals surface area contributed by atoms with Crippen LogP contribution in [0, 0.1) is 13.8 Å². The fourth-order valence-electron chi connectivity index (χ4n) is 2.71. The SMILES string of the molecule is CCNC(=NCc1nc(-c2ccco2)n[nH]1)NCCCn1nc(C)cc1C. The van der Waals surface area contributed by atoms with Crippen molar-refractivity contribution in [3.05, 3.63) is 41.7 Å². The molecule has 3 N–H and O–H groups in total. The number of aromatic amines is 1. The van der Waals surface area contributed by atoms with E-state index in [-0.39, 0.29) is 0 Å². The van der Waals surface area contributed by atoms with E-state index in [4.69, 9.17) is 4.42 Å². The van der Waals surface area contributed by atoms with Gasteiger partial charge >= 0.3 is 0 Å². The van der Waals surface area contributed by atoms with Crippen LogP contribution in [0.5, 0.6) is 0 Å². The van der Waals surface area contributed by atoms with Gasteiger partial charge in [0, 0.05) is 25.3 Å². The van der Waals surface area contributed by atoms with Gasteiger partial charge in [-0.25, -0.2) is 9.98 Å². The first-order valence-electron chi connectivity index (χ1n) is 9.14. The molecule has 0 atom stereocenters. The van der Waals surface area contributed by atoms with Crippen LogP contribution in [0.4, 0.5) is 0 Å². The zero-order chi connectivity index (χ0) is 19.1. The number of nitrogens with zero attached hydrogens (tertiary/aromatic N) is 5. The van der Waals surface area contributed by atoms with Gasteiger partial charge in [0.15, 0.2) is 11.7 Å². The second kappa shape index (κ2) is 9.02. The van der Waals surface area contributed by atoms with Gasteiger partial charge in [-0.15, -0.1) is 5.10 Å². The number of furan rings is 1. The molecule has 9 nitrogen and oxygen atoms in total. The lowest BCUT2D eigenvalue weighted by Crippen LogP contribution is -2.38. The summed E-state index contributed by atoms with van der Waals surface area (Å²) in [7, 11) is 0. The van der Waals surface area contributed by atoms with Crippen molar-refractivity contribution in [2.75, 3.05) is 13.1 Å². The molecule has 0 aliphatic rings. The lowest BCUT2D eigenvalue weighted by molar-refractivity contribution is 0.555. The van der Waals surface area contributed by atoms with Gasteiger partial charge in [-0.1, -0.05) is 0 Å². The van der Waals surface area contributed by atoms with Crippen LogP contribution in [-0.2, 0) is 13.1 Å². The van der Waals surface area contributed by atoms with E-state index in [1.54, 1.807) is 6.26 Å². The van der Waals surface area contributed by atoms with E-state index in [1.807, 2.05) is 30.7 Å². The zero-order valence-corrected chi connectivity index (χ0v) is 16.0. The third-order valence-corrected chi connectivity index (χ3v) is 3.95. The Morgan fingerprint density at radius 3 is 2.93 bits per heavy atom. The molecule has 0 saturated heterocycles. The molecule has 0 fully saturated rings. The summed E-state index contributed by atoms with van der Waals surface area (Å²) in [5.41, 5.74) is 2.24. The second-order valence-electron chi connectivity index (χ2n) is 6.21. The fraction of sp³-hybridized carbons (Fsp3) is 0.444. The van der Waals surface area contributed by atoms with Crippen molar-refractivity contribution < 1.29 is 4.42 Å². The lowest BCUT2D eigenvalue weighted by atomic mass is 10.4. The number of rotatable bonds is 8. The van der Waals surface area contributed by atoms with Crippen molar-refractivity contribution in [1.29, 1.82) is 0 Å². The highest BCUT2D eigenvalue weighted by Gasteiger charge is 2.08. The molecular weight excluding hydrogens is 344 g/mol. The topological polar surface area (TPSA) is 109 Å². The second-order valence-corrected chi connectivity index (χ2v) is 6.21. The summed E-state index contributed by atoms with van der Waals surface area (Å²) in [4.78, 5) is 8.95. The molecule has 144 valence electrons. The van der Waals surface area contributed by atoms with Crippen molar-refractivity contribution in [3.8, 4) is 11.6 Å². The molecule has 0 radical (unpaired) electrons. The predicted octanol–water partition coefficient (Wildman–Crippen LogP) is 2.02. The number of nitrogens with one attached hydrogen (secondary N) is 3. The Bertz CT molecular complexity index is 862. The van der Waals surface area contributed by atoms with Gasteiger partial charge in [-0.2, -0.15) is 5.10 Å². The van der Waals surface area contributed by atoms with E-state index in [0.29, 0.717) is 24.0 Å².